The summed E-state index contributed by atoms with van der Waals surface area (Å²) in [6.45, 7) is -0.733. The predicted octanol–water partition coefficient (Wildman–Crippen LogP) is 2.90. The van der Waals surface area contributed by atoms with E-state index in [-0.39, 0.29) is 5.56 Å². The van der Waals surface area contributed by atoms with Gasteiger partial charge in [-0.1, -0.05) is 0 Å². The van der Waals surface area contributed by atoms with Gasteiger partial charge in [0.2, 0.25) is 0 Å². The largest absolute Gasteiger partial charge is 0.246 e. The molecular formula is C7H5F2I. The van der Waals surface area contributed by atoms with Crippen LogP contribution in [0.15, 0.2) is 18.2 Å². The Labute approximate surface area is 71.4 Å². The summed E-state index contributed by atoms with van der Waals surface area (Å²) in [6.07, 6.45) is 0. The van der Waals surface area contributed by atoms with Gasteiger partial charge >= 0.3 is 0 Å². The van der Waals surface area contributed by atoms with Crippen LogP contribution in [0.2, 0.25) is 0 Å². The molecule has 0 aromatic heterocycles. The maximum absolute atomic E-state index is 12.5. The number of rotatable bonds is 1. The average molecular weight is 254 g/mol. The molecule has 0 aliphatic carbocycles. The molecule has 10 heavy (non-hydrogen) atoms. The summed E-state index contributed by atoms with van der Waals surface area (Å²) in [7, 11) is 0. The van der Waals surface area contributed by atoms with E-state index >= 15 is 0 Å². The van der Waals surface area contributed by atoms with E-state index in [1.165, 1.54) is 12.1 Å². The number of hydrogen-bond acceptors (Lipinski definition) is 0. The lowest BCUT2D eigenvalue weighted by Crippen LogP contribution is -1.86. The second kappa shape index (κ2) is 3.27. The van der Waals surface area contributed by atoms with E-state index in [4.69, 9.17) is 0 Å². The molecular weight excluding hydrogens is 249 g/mol. The molecule has 0 atom stereocenters. The van der Waals surface area contributed by atoms with E-state index in [2.05, 4.69) is 0 Å². The molecule has 0 heterocycles. The molecule has 1 aromatic rings. The van der Waals surface area contributed by atoms with Gasteiger partial charge in [0.15, 0.2) is 0 Å². The zero-order valence-electron chi connectivity index (χ0n) is 5.07. The molecule has 0 saturated heterocycles. The summed E-state index contributed by atoms with van der Waals surface area (Å²) < 4.78 is 25.3. The molecule has 0 fully saturated rings. The van der Waals surface area contributed by atoms with Crippen molar-refractivity contribution in [2.24, 2.45) is 0 Å². The van der Waals surface area contributed by atoms with E-state index in [9.17, 15) is 8.78 Å². The topological polar surface area (TPSA) is 0 Å². The first-order chi connectivity index (χ1) is 4.74. The van der Waals surface area contributed by atoms with Gasteiger partial charge in [0.1, 0.15) is 12.5 Å². The minimum absolute atomic E-state index is 0.131. The van der Waals surface area contributed by atoms with Crippen molar-refractivity contribution >= 4 is 22.6 Å². The van der Waals surface area contributed by atoms with Gasteiger partial charge in [-0.25, -0.2) is 8.78 Å². The van der Waals surface area contributed by atoms with Crippen molar-refractivity contribution in [1.29, 1.82) is 0 Å². The Morgan fingerprint density at radius 2 is 2.10 bits per heavy atom. The lowest BCUT2D eigenvalue weighted by Gasteiger charge is -1.96. The van der Waals surface area contributed by atoms with Crippen LogP contribution in [0.25, 0.3) is 0 Å². The molecule has 0 spiro atoms. The van der Waals surface area contributed by atoms with E-state index in [0.29, 0.717) is 0 Å². The summed E-state index contributed by atoms with van der Waals surface area (Å²) in [5, 5.41) is 0. The highest BCUT2D eigenvalue weighted by Gasteiger charge is 2.00. The molecule has 1 aromatic carbocycles. The highest BCUT2D eigenvalue weighted by Crippen LogP contribution is 2.12. The first-order valence-electron chi connectivity index (χ1n) is 2.74. The van der Waals surface area contributed by atoms with Crippen LogP contribution >= 0.6 is 22.6 Å². The number of alkyl halides is 1. The van der Waals surface area contributed by atoms with Crippen LogP contribution in [0.3, 0.4) is 0 Å². The smallest absolute Gasteiger partial charge is 0.129 e. The van der Waals surface area contributed by atoms with Gasteiger partial charge in [0.05, 0.1) is 0 Å². The summed E-state index contributed by atoms with van der Waals surface area (Å²) in [6, 6.07) is 4.38. The average Bonchev–Trinajstić information content (AvgIpc) is 1.94. The van der Waals surface area contributed by atoms with Crippen LogP contribution in [0.5, 0.6) is 0 Å². The number of benzene rings is 1. The van der Waals surface area contributed by atoms with Crippen molar-refractivity contribution in [2.45, 2.75) is 6.67 Å². The maximum atomic E-state index is 12.5. The van der Waals surface area contributed by atoms with Crippen LogP contribution in [0.1, 0.15) is 5.56 Å². The molecule has 0 unspecified atom stereocenters. The van der Waals surface area contributed by atoms with E-state index in [0.717, 1.165) is 3.57 Å². The zero-order valence-corrected chi connectivity index (χ0v) is 7.23. The minimum Gasteiger partial charge on any atom is -0.246 e. The maximum Gasteiger partial charge on any atom is 0.129 e. The molecule has 54 valence electrons. The van der Waals surface area contributed by atoms with Gasteiger partial charge in [-0.2, -0.15) is 0 Å². The lowest BCUT2D eigenvalue weighted by atomic mass is 10.2. The molecule has 1 rings (SSSR count). The van der Waals surface area contributed by atoms with Crippen molar-refractivity contribution in [1.82, 2.24) is 0 Å². The van der Waals surface area contributed by atoms with Crippen molar-refractivity contribution in [3.8, 4) is 0 Å². The summed E-state index contributed by atoms with van der Waals surface area (Å²) in [4.78, 5) is 0. The quantitative estimate of drug-likeness (QED) is 0.676. The molecule has 0 amide bonds. The second-order valence-corrected chi connectivity index (χ2v) is 3.11. The van der Waals surface area contributed by atoms with Crippen LogP contribution in [-0.4, -0.2) is 0 Å². The van der Waals surface area contributed by atoms with E-state index in [1.54, 1.807) is 6.07 Å². The Morgan fingerprint density at radius 1 is 1.40 bits per heavy atom. The molecule has 0 bridgehead atoms. The first-order valence-corrected chi connectivity index (χ1v) is 3.82. The van der Waals surface area contributed by atoms with Crippen LogP contribution in [0, 0.1) is 9.39 Å². The number of hydrogen-bond donors (Lipinski definition) is 0. The van der Waals surface area contributed by atoms with Crippen molar-refractivity contribution in [3.63, 3.8) is 0 Å². The summed E-state index contributed by atoms with van der Waals surface area (Å²) in [5.74, 6) is -0.470. The molecule has 0 aliphatic heterocycles. The Morgan fingerprint density at radius 3 is 2.60 bits per heavy atom. The van der Waals surface area contributed by atoms with Gasteiger partial charge in [0.25, 0.3) is 0 Å². The van der Waals surface area contributed by atoms with Crippen LogP contribution in [0.4, 0.5) is 8.78 Å². The molecule has 0 N–H and O–H groups in total. The molecule has 0 saturated carbocycles. The van der Waals surface area contributed by atoms with Gasteiger partial charge in [-0.15, -0.1) is 0 Å². The fraction of sp³-hybridized carbons (Fsp3) is 0.143. The van der Waals surface area contributed by atoms with Gasteiger partial charge < -0.3 is 0 Å². The Balaban J connectivity index is 3.09. The SMILES string of the molecule is FCc1cc(I)ccc1F. The van der Waals surface area contributed by atoms with E-state index in [1.807, 2.05) is 22.6 Å². The first kappa shape index (κ1) is 7.91. The monoisotopic (exact) mass is 254 g/mol. The fourth-order valence-corrected chi connectivity index (χ4v) is 1.20. The van der Waals surface area contributed by atoms with Crippen molar-refractivity contribution in [2.75, 3.05) is 0 Å². The molecule has 3 heteroatoms. The summed E-state index contributed by atoms with van der Waals surface area (Å²) >= 11 is 2.01. The third kappa shape index (κ3) is 1.65. The van der Waals surface area contributed by atoms with Crippen molar-refractivity contribution < 1.29 is 8.78 Å². The third-order valence-electron chi connectivity index (χ3n) is 1.15. The van der Waals surface area contributed by atoms with Crippen molar-refractivity contribution in [3.05, 3.63) is 33.1 Å². The van der Waals surface area contributed by atoms with Gasteiger partial charge in [-0.3, -0.25) is 0 Å². The highest BCUT2D eigenvalue weighted by atomic mass is 127. The summed E-state index contributed by atoms with van der Waals surface area (Å²) in [5.41, 5.74) is 0.131. The van der Waals surface area contributed by atoms with Crippen LogP contribution < -0.4 is 0 Å². The molecule has 0 radical (unpaired) electrons. The normalized spacial score (nSPS) is 9.90. The highest BCUT2D eigenvalue weighted by molar-refractivity contribution is 14.1. The molecule has 0 aliphatic rings. The van der Waals surface area contributed by atoms with E-state index < -0.39 is 12.5 Å². The predicted molar refractivity (Wildman–Crippen MR) is 43.9 cm³/mol. The molecule has 0 nitrogen and oxygen atoms in total. The lowest BCUT2D eigenvalue weighted by molar-refractivity contribution is 0.463. The Bertz CT molecular complexity index is 235. The Kier molecular flexibility index (Phi) is 2.59. The fourth-order valence-electron chi connectivity index (χ4n) is 0.646. The number of halogens is 3. The standard InChI is InChI=1S/C7H5F2I/c8-4-5-3-6(10)1-2-7(5)9/h1-3H,4H2. The minimum atomic E-state index is -0.733. The van der Waals surface area contributed by atoms with Gasteiger partial charge in [-0.05, 0) is 40.8 Å². The van der Waals surface area contributed by atoms with Crippen LogP contribution in [-0.2, 0) is 6.67 Å². The second-order valence-electron chi connectivity index (χ2n) is 1.87. The zero-order chi connectivity index (χ0) is 7.56. The third-order valence-corrected chi connectivity index (χ3v) is 1.82. The Hall–Kier alpha value is -0.190. The van der Waals surface area contributed by atoms with Gasteiger partial charge in [0, 0.05) is 9.13 Å².